The minimum absolute atomic E-state index is 0.108. The Hall–Kier alpha value is -2.70. The summed E-state index contributed by atoms with van der Waals surface area (Å²) < 4.78 is 0. The van der Waals surface area contributed by atoms with Crippen LogP contribution in [0.4, 0.5) is 5.95 Å². The van der Waals surface area contributed by atoms with Gasteiger partial charge in [-0.25, -0.2) is 9.97 Å². The van der Waals surface area contributed by atoms with E-state index in [4.69, 9.17) is 0 Å². The van der Waals surface area contributed by atoms with E-state index in [0.717, 1.165) is 0 Å². The van der Waals surface area contributed by atoms with Crippen molar-refractivity contribution in [2.45, 2.75) is 6.92 Å². The lowest BCUT2D eigenvalue weighted by molar-refractivity contribution is 0.0746. The van der Waals surface area contributed by atoms with Crippen LogP contribution in [0.25, 0.3) is 0 Å². The lowest BCUT2D eigenvalue weighted by atomic mass is 10.2. The molecule has 0 aliphatic carbocycles. The Labute approximate surface area is 127 Å². The molecule has 114 valence electrons. The molecule has 0 atom stereocenters. The number of amides is 1. The fourth-order valence-corrected chi connectivity index (χ4v) is 2.55. The molecule has 0 radical (unpaired) electrons. The van der Waals surface area contributed by atoms with Crippen LogP contribution in [0.3, 0.4) is 0 Å². The van der Waals surface area contributed by atoms with E-state index in [1.807, 2.05) is 4.90 Å². The van der Waals surface area contributed by atoms with Crippen LogP contribution in [-0.4, -0.2) is 51.9 Å². The molecule has 3 heterocycles. The van der Waals surface area contributed by atoms with Gasteiger partial charge in [0.05, 0.1) is 0 Å². The Balaban J connectivity index is 1.68. The first-order valence-electron chi connectivity index (χ1n) is 7.16. The zero-order chi connectivity index (χ0) is 15.5. The van der Waals surface area contributed by atoms with E-state index in [1.165, 1.54) is 6.07 Å². The van der Waals surface area contributed by atoms with E-state index >= 15 is 0 Å². The molecule has 0 unspecified atom stereocenters. The molecular weight excluding hydrogens is 282 g/mol. The summed E-state index contributed by atoms with van der Waals surface area (Å²) in [7, 11) is 0. The Morgan fingerprint density at radius 3 is 2.45 bits per heavy atom. The molecule has 0 spiro atoms. The fourth-order valence-electron chi connectivity index (χ4n) is 2.55. The number of rotatable bonds is 2. The lowest BCUT2D eigenvalue weighted by Gasteiger charge is -2.34. The van der Waals surface area contributed by atoms with Gasteiger partial charge in [0, 0.05) is 55.9 Å². The SMILES string of the molecule is Cc1cc(C(=O)N2CCN(c3ncccn3)CC2)cc(=O)[nH]1. The van der Waals surface area contributed by atoms with Crippen molar-refractivity contribution in [2.24, 2.45) is 0 Å². The molecule has 7 nitrogen and oxygen atoms in total. The second-order valence-electron chi connectivity index (χ2n) is 5.24. The van der Waals surface area contributed by atoms with Crippen LogP contribution in [0.5, 0.6) is 0 Å². The van der Waals surface area contributed by atoms with Gasteiger partial charge in [-0.2, -0.15) is 0 Å². The van der Waals surface area contributed by atoms with Crippen LogP contribution >= 0.6 is 0 Å². The van der Waals surface area contributed by atoms with Gasteiger partial charge >= 0.3 is 0 Å². The summed E-state index contributed by atoms with van der Waals surface area (Å²) in [6.45, 7) is 4.30. The summed E-state index contributed by atoms with van der Waals surface area (Å²) in [5, 5.41) is 0. The second-order valence-corrected chi connectivity index (χ2v) is 5.24. The molecule has 3 rings (SSSR count). The van der Waals surface area contributed by atoms with E-state index in [-0.39, 0.29) is 11.5 Å². The van der Waals surface area contributed by atoms with E-state index in [1.54, 1.807) is 36.4 Å². The summed E-state index contributed by atoms with van der Waals surface area (Å²) in [6.07, 6.45) is 3.41. The number of aryl methyl sites for hydroxylation is 1. The molecule has 1 aliphatic rings. The van der Waals surface area contributed by atoms with Crippen molar-refractivity contribution in [1.29, 1.82) is 0 Å². The van der Waals surface area contributed by atoms with Crippen LogP contribution in [0.2, 0.25) is 0 Å². The monoisotopic (exact) mass is 299 g/mol. The van der Waals surface area contributed by atoms with Gasteiger partial charge in [0.15, 0.2) is 0 Å². The first-order chi connectivity index (χ1) is 10.6. The minimum atomic E-state index is -0.250. The van der Waals surface area contributed by atoms with E-state index in [2.05, 4.69) is 15.0 Å². The number of hydrogen-bond acceptors (Lipinski definition) is 5. The summed E-state index contributed by atoms with van der Waals surface area (Å²) in [5.74, 6) is 0.574. The molecule has 0 bridgehead atoms. The van der Waals surface area contributed by atoms with E-state index in [9.17, 15) is 9.59 Å². The van der Waals surface area contributed by atoms with Gasteiger partial charge < -0.3 is 14.8 Å². The Bertz CT molecular complexity index is 720. The number of carbonyl (C=O) groups excluding carboxylic acids is 1. The molecule has 1 aliphatic heterocycles. The quantitative estimate of drug-likeness (QED) is 0.870. The Morgan fingerprint density at radius 2 is 1.82 bits per heavy atom. The highest BCUT2D eigenvalue weighted by atomic mass is 16.2. The maximum Gasteiger partial charge on any atom is 0.254 e. The van der Waals surface area contributed by atoms with Crippen molar-refractivity contribution >= 4 is 11.9 Å². The summed E-state index contributed by atoms with van der Waals surface area (Å²) >= 11 is 0. The second kappa shape index (κ2) is 5.97. The Morgan fingerprint density at radius 1 is 1.14 bits per heavy atom. The number of aromatic nitrogens is 3. The number of anilines is 1. The predicted octanol–water partition coefficient (Wildman–Crippen LogP) is 0.436. The van der Waals surface area contributed by atoms with Crippen LogP contribution in [0.1, 0.15) is 16.1 Å². The van der Waals surface area contributed by atoms with Gasteiger partial charge in [0.25, 0.3) is 5.91 Å². The van der Waals surface area contributed by atoms with Crippen LogP contribution in [0.15, 0.2) is 35.4 Å². The molecule has 1 N–H and O–H groups in total. The standard InChI is InChI=1S/C15H17N5O2/c1-11-9-12(10-13(21)18-11)14(22)19-5-7-20(8-6-19)15-16-3-2-4-17-15/h2-4,9-10H,5-8H2,1H3,(H,18,21). The number of nitrogens with zero attached hydrogens (tertiary/aromatic N) is 4. The zero-order valence-electron chi connectivity index (χ0n) is 12.3. The van der Waals surface area contributed by atoms with Gasteiger partial charge in [-0.15, -0.1) is 0 Å². The van der Waals surface area contributed by atoms with Crippen molar-refractivity contribution in [3.05, 3.63) is 52.2 Å². The molecule has 22 heavy (non-hydrogen) atoms. The predicted molar refractivity (Wildman–Crippen MR) is 81.9 cm³/mol. The molecule has 2 aromatic rings. The summed E-state index contributed by atoms with van der Waals surface area (Å²) in [6, 6.07) is 4.83. The van der Waals surface area contributed by atoms with Gasteiger partial charge in [-0.3, -0.25) is 9.59 Å². The maximum atomic E-state index is 12.5. The smallest absolute Gasteiger partial charge is 0.254 e. The van der Waals surface area contributed by atoms with Crippen molar-refractivity contribution in [3.8, 4) is 0 Å². The Kier molecular flexibility index (Phi) is 3.86. The number of pyridine rings is 1. The number of hydrogen-bond donors (Lipinski definition) is 1. The van der Waals surface area contributed by atoms with Gasteiger partial charge in [-0.1, -0.05) is 0 Å². The maximum absolute atomic E-state index is 12.5. The van der Waals surface area contributed by atoms with Crippen LogP contribution in [0, 0.1) is 6.92 Å². The molecule has 1 amide bonds. The summed E-state index contributed by atoms with van der Waals surface area (Å²) in [5.41, 5.74) is 0.873. The first kappa shape index (κ1) is 14.2. The van der Waals surface area contributed by atoms with E-state index < -0.39 is 0 Å². The third-order valence-electron chi connectivity index (χ3n) is 3.63. The van der Waals surface area contributed by atoms with Gasteiger partial charge in [0.2, 0.25) is 11.5 Å². The molecule has 0 saturated carbocycles. The van der Waals surface area contributed by atoms with E-state index in [0.29, 0.717) is 43.4 Å². The average Bonchev–Trinajstić information content (AvgIpc) is 2.54. The fraction of sp³-hybridized carbons (Fsp3) is 0.333. The lowest BCUT2D eigenvalue weighted by Crippen LogP contribution is -2.49. The van der Waals surface area contributed by atoms with Crippen LogP contribution in [-0.2, 0) is 0 Å². The van der Waals surface area contributed by atoms with Crippen molar-refractivity contribution in [1.82, 2.24) is 19.9 Å². The molecule has 1 fully saturated rings. The molecule has 2 aromatic heterocycles. The number of nitrogens with one attached hydrogen (secondary N) is 1. The molecular formula is C15H17N5O2. The average molecular weight is 299 g/mol. The van der Waals surface area contributed by atoms with Crippen LogP contribution < -0.4 is 10.5 Å². The topological polar surface area (TPSA) is 82.2 Å². The van der Waals surface area contributed by atoms with Crippen molar-refractivity contribution in [2.75, 3.05) is 31.1 Å². The van der Waals surface area contributed by atoms with Crippen molar-refractivity contribution < 1.29 is 4.79 Å². The zero-order valence-corrected chi connectivity index (χ0v) is 12.3. The number of H-pyrrole nitrogens is 1. The highest BCUT2D eigenvalue weighted by Crippen LogP contribution is 2.12. The third-order valence-corrected chi connectivity index (χ3v) is 3.63. The normalized spacial score (nSPS) is 15.0. The first-order valence-corrected chi connectivity index (χ1v) is 7.16. The highest BCUT2D eigenvalue weighted by Gasteiger charge is 2.23. The summed E-state index contributed by atoms with van der Waals surface area (Å²) in [4.78, 5) is 38.8. The van der Waals surface area contributed by atoms with Crippen molar-refractivity contribution in [3.63, 3.8) is 0 Å². The largest absolute Gasteiger partial charge is 0.337 e. The number of piperazine rings is 1. The highest BCUT2D eigenvalue weighted by molar-refractivity contribution is 5.94. The number of aromatic amines is 1. The minimum Gasteiger partial charge on any atom is -0.337 e. The third kappa shape index (κ3) is 2.98. The molecule has 0 aromatic carbocycles. The molecule has 1 saturated heterocycles. The molecule has 7 heteroatoms. The number of carbonyl (C=O) groups is 1. The van der Waals surface area contributed by atoms with Gasteiger partial charge in [-0.05, 0) is 19.1 Å². The van der Waals surface area contributed by atoms with Gasteiger partial charge in [0.1, 0.15) is 0 Å².